The summed E-state index contributed by atoms with van der Waals surface area (Å²) < 4.78 is 5.46. The number of aliphatic hydroxyl groups is 1. The molecule has 0 amide bonds. The molecule has 0 aliphatic heterocycles. The van der Waals surface area contributed by atoms with E-state index in [1.165, 1.54) is 0 Å². The van der Waals surface area contributed by atoms with Gasteiger partial charge >= 0.3 is 0 Å². The fourth-order valence-corrected chi connectivity index (χ4v) is 1.52. The standard InChI is InChI=1S/C14H22ClNO2/c1-14(2,3)10-16-8-12(17)9-18-13-6-4-11(15)5-7-13/h4-7,12,16-17H,8-10H2,1-3H3. The van der Waals surface area contributed by atoms with Crippen LogP contribution in [0.15, 0.2) is 24.3 Å². The number of benzene rings is 1. The molecule has 0 aliphatic rings. The second-order valence-electron chi connectivity index (χ2n) is 5.61. The predicted molar refractivity (Wildman–Crippen MR) is 75.3 cm³/mol. The van der Waals surface area contributed by atoms with Crippen LogP contribution in [0.2, 0.25) is 5.02 Å². The molecule has 3 nitrogen and oxygen atoms in total. The van der Waals surface area contributed by atoms with E-state index in [1.807, 2.05) is 0 Å². The highest BCUT2D eigenvalue weighted by Crippen LogP contribution is 2.15. The summed E-state index contributed by atoms with van der Waals surface area (Å²) >= 11 is 5.77. The number of ether oxygens (including phenoxy) is 1. The van der Waals surface area contributed by atoms with E-state index in [2.05, 4.69) is 26.1 Å². The van der Waals surface area contributed by atoms with Gasteiger partial charge in [-0.05, 0) is 29.7 Å². The molecule has 0 bridgehead atoms. The normalized spacial score (nSPS) is 13.4. The van der Waals surface area contributed by atoms with Gasteiger partial charge in [-0.3, -0.25) is 0 Å². The van der Waals surface area contributed by atoms with Crippen molar-refractivity contribution in [1.29, 1.82) is 0 Å². The van der Waals surface area contributed by atoms with Crippen LogP contribution >= 0.6 is 11.6 Å². The Morgan fingerprint density at radius 3 is 2.44 bits per heavy atom. The third-order valence-electron chi connectivity index (χ3n) is 2.29. The lowest BCUT2D eigenvalue weighted by atomic mass is 9.97. The lowest BCUT2D eigenvalue weighted by Gasteiger charge is -2.20. The monoisotopic (exact) mass is 271 g/mol. The molecule has 0 fully saturated rings. The minimum absolute atomic E-state index is 0.219. The largest absolute Gasteiger partial charge is 0.491 e. The molecule has 0 heterocycles. The van der Waals surface area contributed by atoms with E-state index in [1.54, 1.807) is 24.3 Å². The van der Waals surface area contributed by atoms with E-state index in [0.29, 0.717) is 17.3 Å². The number of halogens is 1. The Kier molecular flexibility index (Phi) is 5.93. The molecule has 2 N–H and O–H groups in total. The highest BCUT2D eigenvalue weighted by atomic mass is 35.5. The zero-order valence-corrected chi connectivity index (χ0v) is 12.0. The average Bonchev–Trinajstić information content (AvgIpc) is 2.26. The van der Waals surface area contributed by atoms with E-state index >= 15 is 0 Å². The highest BCUT2D eigenvalue weighted by molar-refractivity contribution is 6.30. The fourth-order valence-electron chi connectivity index (χ4n) is 1.40. The van der Waals surface area contributed by atoms with Gasteiger partial charge in [-0.2, -0.15) is 0 Å². The summed E-state index contributed by atoms with van der Waals surface area (Å²) in [7, 11) is 0. The molecule has 1 aromatic carbocycles. The van der Waals surface area contributed by atoms with E-state index in [0.717, 1.165) is 6.54 Å². The number of nitrogens with one attached hydrogen (secondary N) is 1. The van der Waals surface area contributed by atoms with E-state index < -0.39 is 6.10 Å². The summed E-state index contributed by atoms with van der Waals surface area (Å²) in [4.78, 5) is 0. The number of aliphatic hydroxyl groups excluding tert-OH is 1. The second-order valence-corrected chi connectivity index (χ2v) is 6.05. The summed E-state index contributed by atoms with van der Waals surface area (Å²) in [6.07, 6.45) is -0.511. The van der Waals surface area contributed by atoms with Crippen LogP contribution in [-0.2, 0) is 0 Å². The van der Waals surface area contributed by atoms with Gasteiger partial charge in [-0.15, -0.1) is 0 Å². The zero-order chi connectivity index (χ0) is 13.6. The van der Waals surface area contributed by atoms with Gasteiger partial charge < -0.3 is 15.2 Å². The Bertz CT molecular complexity index is 346. The number of hydrogen-bond donors (Lipinski definition) is 2. The molecular formula is C14H22ClNO2. The molecule has 0 saturated heterocycles. The Labute approximate surface area is 114 Å². The first-order valence-electron chi connectivity index (χ1n) is 6.14. The molecule has 1 rings (SSSR count). The van der Waals surface area contributed by atoms with Crippen LogP contribution < -0.4 is 10.1 Å². The minimum atomic E-state index is -0.511. The quantitative estimate of drug-likeness (QED) is 0.836. The van der Waals surface area contributed by atoms with Gasteiger partial charge in [0.15, 0.2) is 0 Å². The average molecular weight is 272 g/mol. The van der Waals surface area contributed by atoms with Crippen molar-refractivity contribution in [3.8, 4) is 5.75 Å². The molecule has 1 atom stereocenters. The molecule has 1 unspecified atom stereocenters. The number of rotatable bonds is 6. The maximum Gasteiger partial charge on any atom is 0.119 e. The van der Waals surface area contributed by atoms with E-state index in [9.17, 15) is 5.11 Å². The molecule has 102 valence electrons. The highest BCUT2D eigenvalue weighted by Gasteiger charge is 2.11. The van der Waals surface area contributed by atoms with E-state index in [4.69, 9.17) is 16.3 Å². The van der Waals surface area contributed by atoms with Crippen molar-refractivity contribution in [3.05, 3.63) is 29.3 Å². The van der Waals surface area contributed by atoms with Crippen molar-refractivity contribution >= 4 is 11.6 Å². The van der Waals surface area contributed by atoms with Crippen molar-refractivity contribution < 1.29 is 9.84 Å². The molecule has 4 heteroatoms. The SMILES string of the molecule is CC(C)(C)CNCC(O)COc1ccc(Cl)cc1. The van der Waals surface area contributed by atoms with Gasteiger partial charge in [0.25, 0.3) is 0 Å². The summed E-state index contributed by atoms with van der Waals surface area (Å²) in [6.45, 7) is 8.12. The maximum atomic E-state index is 9.75. The van der Waals surface area contributed by atoms with Gasteiger partial charge in [0.1, 0.15) is 18.5 Å². The van der Waals surface area contributed by atoms with Crippen LogP contribution in [0.25, 0.3) is 0 Å². The maximum absolute atomic E-state index is 9.75. The van der Waals surface area contributed by atoms with Crippen molar-refractivity contribution in [2.75, 3.05) is 19.7 Å². The topological polar surface area (TPSA) is 41.5 Å². The summed E-state index contributed by atoms with van der Waals surface area (Å²) in [6, 6.07) is 7.11. The van der Waals surface area contributed by atoms with Gasteiger partial charge in [0.2, 0.25) is 0 Å². The lowest BCUT2D eigenvalue weighted by Crippen LogP contribution is -2.36. The molecular weight excluding hydrogens is 250 g/mol. The van der Waals surface area contributed by atoms with Gasteiger partial charge in [-0.25, -0.2) is 0 Å². The Morgan fingerprint density at radius 1 is 1.28 bits per heavy atom. The summed E-state index contributed by atoms with van der Waals surface area (Å²) in [5.41, 5.74) is 0.219. The molecule has 0 aromatic heterocycles. The van der Waals surface area contributed by atoms with Gasteiger partial charge in [-0.1, -0.05) is 32.4 Å². The molecule has 0 aliphatic carbocycles. The predicted octanol–water partition coefficient (Wildman–Crippen LogP) is 2.72. The van der Waals surface area contributed by atoms with Crippen molar-refractivity contribution in [3.63, 3.8) is 0 Å². The summed E-state index contributed by atoms with van der Waals surface area (Å²) in [5.74, 6) is 0.717. The Hall–Kier alpha value is -0.770. The first-order valence-corrected chi connectivity index (χ1v) is 6.52. The number of hydrogen-bond acceptors (Lipinski definition) is 3. The van der Waals surface area contributed by atoms with Crippen LogP contribution in [0.1, 0.15) is 20.8 Å². The molecule has 18 heavy (non-hydrogen) atoms. The second kappa shape index (κ2) is 6.98. The van der Waals surface area contributed by atoms with Crippen LogP contribution in [0.4, 0.5) is 0 Å². The van der Waals surface area contributed by atoms with E-state index in [-0.39, 0.29) is 12.0 Å². The minimum Gasteiger partial charge on any atom is -0.491 e. The zero-order valence-electron chi connectivity index (χ0n) is 11.2. The molecule has 0 radical (unpaired) electrons. The molecule has 0 spiro atoms. The Morgan fingerprint density at radius 2 is 1.89 bits per heavy atom. The first kappa shape index (κ1) is 15.3. The van der Waals surface area contributed by atoms with Gasteiger partial charge in [0, 0.05) is 18.1 Å². The van der Waals surface area contributed by atoms with Crippen molar-refractivity contribution in [2.45, 2.75) is 26.9 Å². The molecule has 1 aromatic rings. The van der Waals surface area contributed by atoms with Crippen LogP contribution in [0.3, 0.4) is 0 Å². The van der Waals surface area contributed by atoms with Crippen LogP contribution in [0, 0.1) is 5.41 Å². The van der Waals surface area contributed by atoms with Crippen LogP contribution in [-0.4, -0.2) is 30.9 Å². The third kappa shape index (κ3) is 6.84. The Balaban J connectivity index is 2.21. The smallest absolute Gasteiger partial charge is 0.119 e. The van der Waals surface area contributed by atoms with Gasteiger partial charge in [0.05, 0.1) is 0 Å². The lowest BCUT2D eigenvalue weighted by molar-refractivity contribution is 0.104. The third-order valence-corrected chi connectivity index (χ3v) is 2.54. The van der Waals surface area contributed by atoms with Crippen molar-refractivity contribution in [2.24, 2.45) is 5.41 Å². The first-order chi connectivity index (χ1) is 8.37. The van der Waals surface area contributed by atoms with Crippen LogP contribution in [0.5, 0.6) is 5.75 Å². The molecule has 0 saturated carbocycles. The van der Waals surface area contributed by atoms with Crippen molar-refractivity contribution in [1.82, 2.24) is 5.32 Å². The fraction of sp³-hybridized carbons (Fsp3) is 0.571. The summed E-state index contributed by atoms with van der Waals surface area (Å²) in [5, 5.41) is 13.6.